The van der Waals surface area contributed by atoms with E-state index in [1.807, 2.05) is 0 Å². The molecule has 0 radical (unpaired) electrons. The fourth-order valence-electron chi connectivity index (χ4n) is 3.03. The molecular weight excluding hydrogens is 266 g/mol. The molecule has 0 heterocycles. The molecule has 0 aliphatic heterocycles. The number of ether oxygens (including phenoxy) is 1. The molecule has 0 spiro atoms. The number of carbonyl (C=O) groups is 1. The Kier molecular flexibility index (Phi) is 4.20. The number of rotatable bonds is 5. The molecule has 19 heavy (non-hydrogen) atoms. The van der Waals surface area contributed by atoms with Crippen LogP contribution in [0.25, 0.3) is 0 Å². The molecule has 2 saturated carbocycles. The van der Waals surface area contributed by atoms with Gasteiger partial charge in [0.2, 0.25) is 0 Å². The van der Waals surface area contributed by atoms with Gasteiger partial charge in [0.15, 0.2) is 9.84 Å². The molecule has 0 saturated heterocycles. The second-order valence-electron chi connectivity index (χ2n) is 6.05. The quantitative estimate of drug-likeness (QED) is 0.763. The number of esters is 1. The number of nitrogens with two attached hydrogens (primary N) is 1. The Morgan fingerprint density at radius 2 is 1.95 bits per heavy atom. The normalized spacial score (nSPS) is 29.8. The van der Waals surface area contributed by atoms with Crippen molar-refractivity contribution in [3.63, 3.8) is 0 Å². The van der Waals surface area contributed by atoms with Crippen molar-refractivity contribution >= 4 is 15.8 Å². The molecule has 2 unspecified atom stereocenters. The third kappa shape index (κ3) is 3.48. The van der Waals surface area contributed by atoms with Crippen LogP contribution in [-0.2, 0) is 19.4 Å². The topological polar surface area (TPSA) is 86.5 Å². The second kappa shape index (κ2) is 5.40. The number of hydrogen-bond donors (Lipinski definition) is 1. The molecule has 2 fully saturated rings. The molecule has 2 aliphatic carbocycles. The Labute approximate surface area is 114 Å². The molecule has 2 N–H and O–H groups in total. The van der Waals surface area contributed by atoms with Crippen LogP contribution in [-0.4, -0.2) is 38.5 Å². The lowest BCUT2D eigenvalue weighted by atomic mass is 9.96. The minimum atomic E-state index is -3.21. The van der Waals surface area contributed by atoms with E-state index in [1.54, 1.807) is 0 Å². The van der Waals surface area contributed by atoms with Crippen molar-refractivity contribution in [1.82, 2.24) is 0 Å². The van der Waals surface area contributed by atoms with Gasteiger partial charge in [-0.05, 0) is 31.1 Å². The maximum atomic E-state index is 12.5. The lowest BCUT2D eigenvalue weighted by Gasteiger charge is -2.29. The summed E-state index contributed by atoms with van der Waals surface area (Å²) in [5.74, 6) is -0.228. The summed E-state index contributed by atoms with van der Waals surface area (Å²) in [6.45, 7) is 0. The predicted molar refractivity (Wildman–Crippen MR) is 72.3 cm³/mol. The third-order valence-electron chi connectivity index (χ3n) is 4.43. The predicted octanol–water partition coefficient (Wildman–Crippen LogP) is 1.01. The van der Waals surface area contributed by atoms with Crippen LogP contribution >= 0.6 is 0 Å². The molecule has 5 nitrogen and oxygen atoms in total. The van der Waals surface area contributed by atoms with E-state index in [1.165, 1.54) is 7.11 Å². The third-order valence-corrected chi connectivity index (χ3v) is 6.95. The molecule has 0 aromatic rings. The largest absolute Gasteiger partial charge is 0.469 e. The zero-order valence-corrected chi connectivity index (χ0v) is 12.2. The van der Waals surface area contributed by atoms with Gasteiger partial charge in [-0.25, -0.2) is 8.42 Å². The highest BCUT2D eigenvalue weighted by atomic mass is 32.2. The minimum absolute atomic E-state index is 0.0907. The van der Waals surface area contributed by atoms with E-state index in [-0.39, 0.29) is 29.6 Å². The van der Waals surface area contributed by atoms with Crippen molar-refractivity contribution in [1.29, 1.82) is 0 Å². The highest BCUT2D eigenvalue weighted by Gasteiger charge is 2.50. The first-order valence-electron chi connectivity index (χ1n) is 6.93. The van der Waals surface area contributed by atoms with Crippen molar-refractivity contribution in [2.24, 2.45) is 11.1 Å². The summed E-state index contributed by atoms with van der Waals surface area (Å²) < 4.78 is 29.6. The molecule has 6 heteroatoms. The summed E-state index contributed by atoms with van der Waals surface area (Å²) >= 11 is 0. The monoisotopic (exact) mass is 289 g/mol. The lowest BCUT2D eigenvalue weighted by molar-refractivity contribution is -0.141. The number of methoxy groups -OCH3 is 1. The average molecular weight is 289 g/mol. The van der Waals surface area contributed by atoms with Gasteiger partial charge in [-0.15, -0.1) is 0 Å². The van der Waals surface area contributed by atoms with Crippen LogP contribution in [0.15, 0.2) is 0 Å². The van der Waals surface area contributed by atoms with E-state index >= 15 is 0 Å². The first kappa shape index (κ1) is 14.8. The SMILES string of the molecule is COC(=O)CC1(CS(=O)(=O)C2CCCCC2N)CC1. The average Bonchev–Trinajstić information content (AvgIpc) is 3.07. The summed E-state index contributed by atoms with van der Waals surface area (Å²) in [5, 5.41) is -0.420. The number of carbonyl (C=O) groups excluding carboxylic acids is 1. The summed E-state index contributed by atoms with van der Waals surface area (Å²) in [6.07, 6.45) is 5.20. The Morgan fingerprint density at radius 3 is 2.47 bits per heavy atom. The van der Waals surface area contributed by atoms with Gasteiger partial charge in [-0.3, -0.25) is 4.79 Å². The molecule has 110 valence electrons. The molecule has 2 atom stereocenters. The van der Waals surface area contributed by atoms with Crippen LogP contribution in [0.4, 0.5) is 0 Å². The van der Waals surface area contributed by atoms with Crippen molar-refractivity contribution < 1.29 is 17.9 Å². The van der Waals surface area contributed by atoms with Crippen LogP contribution in [0.5, 0.6) is 0 Å². The molecule has 0 aromatic carbocycles. The number of sulfone groups is 1. The smallest absolute Gasteiger partial charge is 0.306 e. The first-order valence-corrected chi connectivity index (χ1v) is 8.64. The van der Waals surface area contributed by atoms with Crippen molar-refractivity contribution in [2.45, 2.75) is 56.2 Å². The molecule has 2 rings (SSSR count). The van der Waals surface area contributed by atoms with Gasteiger partial charge in [-0.1, -0.05) is 12.8 Å². The van der Waals surface area contributed by atoms with Gasteiger partial charge in [0.1, 0.15) is 0 Å². The highest BCUT2D eigenvalue weighted by molar-refractivity contribution is 7.92. The summed E-state index contributed by atoms with van der Waals surface area (Å²) in [7, 11) is -1.88. The zero-order valence-electron chi connectivity index (χ0n) is 11.4. The number of hydrogen-bond acceptors (Lipinski definition) is 5. The highest BCUT2D eigenvalue weighted by Crippen LogP contribution is 2.50. The Morgan fingerprint density at radius 1 is 1.32 bits per heavy atom. The summed E-state index contributed by atoms with van der Waals surface area (Å²) in [6, 6.07) is -0.243. The van der Waals surface area contributed by atoms with Crippen LogP contribution in [0.3, 0.4) is 0 Å². The fraction of sp³-hybridized carbons (Fsp3) is 0.923. The Bertz CT molecular complexity index is 442. The van der Waals surface area contributed by atoms with Gasteiger partial charge >= 0.3 is 5.97 Å². The van der Waals surface area contributed by atoms with Gasteiger partial charge in [0, 0.05) is 6.04 Å². The van der Waals surface area contributed by atoms with E-state index in [2.05, 4.69) is 4.74 Å². The van der Waals surface area contributed by atoms with Crippen molar-refractivity contribution in [3.05, 3.63) is 0 Å². The lowest BCUT2D eigenvalue weighted by Crippen LogP contribution is -2.45. The molecule has 0 aromatic heterocycles. The zero-order chi connectivity index (χ0) is 14.1. The van der Waals surface area contributed by atoms with Gasteiger partial charge in [0.05, 0.1) is 24.5 Å². The fourth-order valence-corrected chi connectivity index (χ4v) is 5.69. The summed E-state index contributed by atoms with van der Waals surface area (Å²) in [4.78, 5) is 11.4. The van der Waals surface area contributed by atoms with E-state index < -0.39 is 15.1 Å². The Balaban J connectivity index is 2.02. The maximum absolute atomic E-state index is 12.5. The van der Waals surface area contributed by atoms with Gasteiger partial charge in [0.25, 0.3) is 0 Å². The molecule has 0 amide bonds. The summed E-state index contributed by atoms with van der Waals surface area (Å²) in [5.41, 5.74) is 5.59. The minimum Gasteiger partial charge on any atom is -0.469 e. The standard InChI is InChI=1S/C13H23NO4S/c1-18-12(15)8-13(6-7-13)9-19(16,17)11-5-3-2-4-10(11)14/h10-11H,2-9,14H2,1H3. The molecule has 2 aliphatic rings. The van der Waals surface area contributed by atoms with E-state index in [0.717, 1.165) is 32.1 Å². The Hall–Kier alpha value is -0.620. The molecule has 0 bridgehead atoms. The second-order valence-corrected chi connectivity index (χ2v) is 8.27. The van der Waals surface area contributed by atoms with Crippen molar-refractivity contribution in [2.75, 3.05) is 12.9 Å². The van der Waals surface area contributed by atoms with E-state index in [4.69, 9.17) is 5.73 Å². The van der Waals surface area contributed by atoms with E-state index in [9.17, 15) is 13.2 Å². The van der Waals surface area contributed by atoms with Crippen LogP contribution in [0.1, 0.15) is 44.9 Å². The van der Waals surface area contributed by atoms with Crippen molar-refractivity contribution in [3.8, 4) is 0 Å². The van der Waals surface area contributed by atoms with Crippen LogP contribution in [0, 0.1) is 5.41 Å². The van der Waals surface area contributed by atoms with E-state index in [0.29, 0.717) is 6.42 Å². The molecular formula is C13H23NO4S. The van der Waals surface area contributed by atoms with Gasteiger partial charge in [-0.2, -0.15) is 0 Å². The van der Waals surface area contributed by atoms with Gasteiger partial charge < -0.3 is 10.5 Å². The first-order chi connectivity index (χ1) is 8.88. The van der Waals surface area contributed by atoms with Crippen LogP contribution < -0.4 is 5.73 Å². The van der Waals surface area contributed by atoms with Crippen LogP contribution in [0.2, 0.25) is 0 Å². The maximum Gasteiger partial charge on any atom is 0.306 e.